The van der Waals surface area contributed by atoms with E-state index in [-0.39, 0.29) is 11.5 Å². The van der Waals surface area contributed by atoms with E-state index in [0.717, 1.165) is 48.6 Å². The summed E-state index contributed by atoms with van der Waals surface area (Å²) in [5, 5.41) is 18.5. The minimum absolute atomic E-state index is 0.0477. The minimum atomic E-state index is -0.0477. The average Bonchev–Trinajstić information content (AvgIpc) is 2.76. The van der Waals surface area contributed by atoms with Crippen LogP contribution in [-0.4, -0.2) is 16.9 Å². The molecule has 2 heteroatoms. The van der Waals surface area contributed by atoms with Crippen molar-refractivity contribution in [1.29, 1.82) is 5.41 Å². The Morgan fingerprint density at radius 2 is 1.71 bits per heavy atom. The molecule has 21 heavy (non-hydrogen) atoms. The van der Waals surface area contributed by atoms with Crippen molar-refractivity contribution in [2.75, 3.05) is 0 Å². The van der Waals surface area contributed by atoms with Gasteiger partial charge in [-0.1, -0.05) is 13.8 Å². The number of rotatable bonds is 0. The fourth-order valence-corrected chi connectivity index (χ4v) is 7.05. The van der Waals surface area contributed by atoms with E-state index in [9.17, 15) is 5.11 Å². The zero-order valence-electron chi connectivity index (χ0n) is 13.7. The molecule has 0 saturated heterocycles. The number of nitrogens with one attached hydrogen (secondary N) is 1. The molecule has 0 spiro atoms. The van der Waals surface area contributed by atoms with Crippen molar-refractivity contribution in [2.45, 2.75) is 77.7 Å². The maximum absolute atomic E-state index is 10.5. The Balaban J connectivity index is 1.64. The Kier molecular flexibility index (Phi) is 3.10. The van der Waals surface area contributed by atoms with Crippen LogP contribution in [0.3, 0.4) is 0 Å². The molecule has 0 amide bonds. The Morgan fingerprint density at radius 3 is 2.52 bits per heavy atom. The number of fused-ring (bicyclic) bond motifs is 5. The summed E-state index contributed by atoms with van der Waals surface area (Å²) in [6, 6.07) is 0. The number of hydrogen-bond donors (Lipinski definition) is 2. The van der Waals surface area contributed by atoms with Gasteiger partial charge in [-0.2, -0.15) is 0 Å². The summed E-state index contributed by atoms with van der Waals surface area (Å²) in [6.45, 7) is 4.92. The van der Waals surface area contributed by atoms with E-state index in [1.165, 1.54) is 38.5 Å². The molecule has 2 nitrogen and oxygen atoms in total. The maximum Gasteiger partial charge on any atom is 0.0596 e. The van der Waals surface area contributed by atoms with Crippen LogP contribution in [0.25, 0.3) is 0 Å². The smallest absolute Gasteiger partial charge is 0.0596 e. The standard InChI is InChI=1S/C19H31NO/c1-18-9-7-13(20)11-12(18)3-4-14-15-5-6-17(21)19(15,2)10-8-16(14)18/h12,14-17,20-21H,3-11H2,1-2H3/t12?,14?,15?,16?,17-,18-,19?/m0/s1. The third-order valence-corrected chi connectivity index (χ3v) is 8.47. The lowest BCUT2D eigenvalue weighted by atomic mass is 9.45. The van der Waals surface area contributed by atoms with Crippen LogP contribution in [0.5, 0.6) is 0 Å². The van der Waals surface area contributed by atoms with Crippen LogP contribution in [-0.2, 0) is 0 Å². The Morgan fingerprint density at radius 1 is 0.952 bits per heavy atom. The van der Waals surface area contributed by atoms with Crippen LogP contribution in [0.1, 0.15) is 71.6 Å². The van der Waals surface area contributed by atoms with Gasteiger partial charge in [-0.05, 0) is 92.3 Å². The molecule has 0 radical (unpaired) electrons. The van der Waals surface area contributed by atoms with Gasteiger partial charge in [0.1, 0.15) is 0 Å². The Hall–Kier alpha value is -0.370. The SMILES string of the molecule is CC12CCC3C(CCC4CC(=N)CC[C@@]43C)C1CC[C@@H]2O. The first-order valence-corrected chi connectivity index (χ1v) is 9.19. The molecule has 0 bridgehead atoms. The minimum Gasteiger partial charge on any atom is -0.393 e. The van der Waals surface area contributed by atoms with Gasteiger partial charge in [0.05, 0.1) is 6.10 Å². The Bertz CT molecular complexity index is 460. The summed E-state index contributed by atoms with van der Waals surface area (Å²) < 4.78 is 0. The van der Waals surface area contributed by atoms with Crippen LogP contribution >= 0.6 is 0 Å². The van der Waals surface area contributed by atoms with E-state index in [4.69, 9.17) is 5.41 Å². The van der Waals surface area contributed by atoms with Gasteiger partial charge in [0.15, 0.2) is 0 Å². The molecule has 7 atom stereocenters. The summed E-state index contributed by atoms with van der Waals surface area (Å²) >= 11 is 0. The molecule has 0 aliphatic heterocycles. The quantitative estimate of drug-likeness (QED) is 0.681. The highest BCUT2D eigenvalue weighted by molar-refractivity contribution is 5.82. The van der Waals surface area contributed by atoms with Gasteiger partial charge in [0.25, 0.3) is 0 Å². The summed E-state index contributed by atoms with van der Waals surface area (Å²) in [5.41, 5.74) is 1.71. The topological polar surface area (TPSA) is 44.1 Å². The van der Waals surface area contributed by atoms with Crippen molar-refractivity contribution in [2.24, 2.45) is 34.5 Å². The molecule has 4 saturated carbocycles. The van der Waals surface area contributed by atoms with E-state index in [1.807, 2.05) is 0 Å². The maximum atomic E-state index is 10.5. The lowest BCUT2D eigenvalue weighted by Crippen LogP contribution is -2.54. The summed E-state index contributed by atoms with van der Waals surface area (Å²) in [4.78, 5) is 0. The third kappa shape index (κ3) is 1.84. The molecular weight excluding hydrogens is 258 g/mol. The monoisotopic (exact) mass is 289 g/mol. The van der Waals surface area contributed by atoms with Crippen molar-refractivity contribution in [1.82, 2.24) is 0 Å². The molecule has 2 N–H and O–H groups in total. The fourth-order valence-electron chi connectivity index (χ4n) is 7.05. The largest absolute Gasteiger partial charge is 0.393 e. The van der Waals surface area contributed by atoms with Gasteiger partial charge in [0.2, 0.25) is 0 Å². The molecule has 4 rings (SSSR count). The first-order valence-electron chi connectivity index (χ1n) is 9.19. The molecule has 0 heterocycles. The number of aliphatic hydroxyl groups is 1. The zero-order valence-corrected chi connectivity index (χ0v) is 13.7. The molecule has 4 fully saturated rings. The molecule has 118 valence electrons. The van der Waals surface area contributed by atoms with Crippen LogP contribution in [0.15, 0.2) is 0 Å². The Labute approximate surface area is 129 Å². The van der Waals surface area contributed by atoms with Crippen molar-refractivity contribution in [3.63, 3.8) is 0 Å². The van der Waals surface area contributed by atoms with Crippen LogP contribution < -0.4 is 0 Å². The normalized spacial score (nSPS) is 56.5. The highest BCUT2D eigenvalue weighted by Crippen LogP contribution is 2.65. The summed E-state index contributed by atoms with van der Waals surface area (Å²) in [6.07, 6.45) is 10.9. The molecule has 0 aromatic carbocycles. The van der Waals surface area contributed by atoms with E-state index < -0.39 is 0 Å². The average molecular weight is 289 g/mol. The second-order valence-corrected chi connectivity index (χ2v) is 9.10. The van der Waals surface area contributed by atoms with E-state index >= 15 is 0 Å². The summed E-state index contributed by atoms with van der Waals surface area (Å²) in [7, 11) is 0. The van der Waals surface area contributed by atoms with E-state index in [0.29, 0.717) is 5.41 Å². The van der Waals surface area contributed by atoms with Crippen LogP contribution in [0.4, 0.5) is 0 Å². The first kappa shape index (κ1) is 14.2. The predicted octanol–water partition coefficient (Wildman–Crippen LogP) is 4.41. The predicted molar refractivity (Wildman–Crippen MR) is 85.5 cm³/mol. The lowest BCUT2D eigenvalue weighted by Gasteiger charge is -2.60. The highest BCUT2D eigenvalue weighted by atomic mass is 16.3. The van der Waals surface area contributed by atoms with Gasteiger partial charge >= 0.3 is 0 Å². The fraction of sp³-hybridized carbons (Fsp3) is 0.947. The van der Waals surface area contributed by atoms with Crippen molar-refractivity contribution in [3.05, 3.63) is 0 Å². The molecule has 0 aromatic heterocycles. The van der Waals surface area contributed by atoms with Crippen LogP contribution in [0.2, 0.25) is 0 Å². The van der Waals surface area contributed by atoms with Gasteiger partial charge < -0.3 is 10.5 Å². The molecule has 0 aromatic rings. The second-order valence-electron chi connectivity index (χ2n) is 9.10. The van der Waals surface area contributed by atoms with Gasteiger partial charge in [-0.3, -0.25) is 0 Å². The molecule has 4 aliphatic carbocycles. The van der Waals surface area contributed by atoms with Gasteiger partial charge in [-0.15, -0.1) is 0 Å². The second kappa shape index (κ2) is 4.57. The van der Waals surface area contributed by atoms with Crippen molar-refractivity contribution < 1.29 is 5.11 Å². The van der Waals surface area contributed by atoms with Gasteiger partial charge in [-0.25, -0.2) is 0 Å². The van der Waals surface area contributed by atoms with Gasteiger partial charge in [0, 0.05) is 5.71 Å². The highest BCUT2D eigenvalue weighted by Gasteiger charge is 2.59. The van der Waals surface area contributed by atoms with Crippen molar-refractivity contribution in [3.8, 4) is 0 Å². The van der Waals surface area contributed by atoms with Crippen LogP contribution in [0, 0.1) is 39.9 Å². The zero-order chi connectivity index (χ0) is 14.8. The number of hydrogen-bond acceptors (Lipinski definition) is 2. The van der Waals surface area contributed by atoms with E-state index in [2.05, 4.69) is 13.8 Å². The number of aliphatic hydroxyl groups excluding tert-OH is 1. The third-order valence-electron chi connectivity index (χ3n) is 8.47. The molecule has 5 unspecified atom stereocenters. The molecule has 4 aliphatic rings. The first-order chi connectivity index (χ1) is 9.95. The summed E-state index contributed by atoms with van der Waals surface area (Å²) in [5.74, 6) is 3.27. The van der Waals surface area contributed by atoms with Crippen molar-refractivity contribution >= 4 is 5.71 Å². The van der Waals surface area contributed by atoms with E-state index in [1.54, 1.807) is 0 Å². The molecular formula is C19H31NO. The lowest BCUT2D eigenvalue weighted by molar-refractivity contribution is -0.112.